The summed E-state index contributed by atoms with van der Waals surface area (Å²) >= 11 is 13.3. The van der Waals surface area contributed by atoms with E-state index in [2.05, 4.69) is 4.99 Å². The van der Waals surface area contributed by atoms with Crippen molar-refractivity contribution >= 4 is 63.5 Å². The molecule has 3 aromatic carbocycles. The van der Waals surface area contributed by atoms with Crippen molar-refractivity contribution in [2.45, 2.75) is 0 Å². The maximum absolute atomic E-state index is 13.2. The van der Waals surface area contributed by atoms with Gasteiger partial charge in [-0.15, -0.1) is 0 Å². The van der Waals surface area contributed by atoms with Gasteiger partial charge in [0.1, 0.15) is 5.75 Å². The molecular formula is C22H14Cl2N2O2S. The first-order chi connectivity index (χ1) is 14.0. The summed E-state index contributed by atoms with van der Waals surface area (Å²) in [5, 5.41) is 11.3. The maximum Gasteiger partial charge on any atom is 0.271 e. The Labute approximate surface area is 182 Å². The molecule has 1 heterocycles. The van der Waals surface area contributed by atoms with E-state index in [1.165, 1.54) is 17.8 Å². The van der Waals surface area contributed by atoms with Crippen LogP contribution in [0, 0.1) is 0 Å². The Balaban J connectivity index is 1.80. The van der Waals surface area contributed by atoms with Gasteiger partial charge in [0.25, 0.3) is 5.91 Å². The largest absolute Gasteiger partial charge is 0.506 e. The zero-order chi connectivity index (χ0) is 20.4. The van der Waals surface area contributed by atoms with Gasteiger partial charge in [-0.2, -0.15) is 0 Å². The van der Waals surface area contributed by atoms with Crippen molar-refractivity contribution in [1.29, 1.82) is 0 Å². The summed E-state index contributed by atoms with van der Waals surface area (Å²) < 4.78 is 0. The van der Waals surface area contributed by atoms with E-state index in [1.807, 2.05) is 60.7 Å². The number of carbonyl (C=O) groups is 1. The third kappa shape index (κ3) is 4.17. The van der Waals surface area contributed by atoms with Crippen LogP contribution in [0.3, 0.4) is 0 Å². The molecule has 4 rings (SSSR count). The van der Waals surface area contributed by atoms with E-state index in [-0.39, 0.29) is 16.7 Å². The Hall–Kier alpha value is -2.73. The first-order valence-electron chi connectivity index (χ1n) is 8.64. The summed E-state index contributed by atoms with van der Waals surface area (Å²) in [7, 11) is 0. The fourth-order valence-corrected chi connectivity index (χ4v) is 4.30. The molecule has 0 radical (unpaired) electrons. The molecule has 0 spiro atoms. The second-order valence-electron chi connectivity index (χ2n) is 6.14. The number of phenols is 1. The highest BCUT2D eigenvalue weighted by Crippen LogP contribution is 2.39. The maximum atomic E-state index is 13.2. The molecule has 144 valence electrons. The third-order valence-electron chi connectivity index (χ3n) is 4.15. The van der Waals surface area contributed by atoms with E-state index < -0.39 is 0 Å². The number of carbonyl (C=O) groups excluding carboxylic acids is 1. The number of halogens is 2. The number of rotatable bonds is 3. The van der Waals surface area contributed by atoms with E-state index >= 15 is 0 Å². The molecule has 1 fully saturated rings. The highest BCUT2D eigenvalue weighted by Gasteiger charge is 2.35. The molecular weight excluding hydrogens is 427 g/mol. The standard InChI is InChI=1S/C22H14Cl2N2O2S/c23-15-11-14(20(27)18(24)13-15)12-19-21(28)26(17-9-5-2-6-10-17)22(29-19)25-16-7-3-1-4-8-16/h1-13,27H. The predicted octanol–water partition coefficient (Wildman–Crippen LogP) is 6.51. The smallest absolute Gasteiger partial charge is 0.271 e. The number of benzene rings is 3. The lowest BCUT2D eigenvalue weighted by Crippen LogP contribution is -2.28. The zero-order valence-corrected chi connectivity index (χ0v) is 17.2. The normalized spacial score (nSPS) is 16.8. The third-order valence-corrected chi connectivity index (χ3v) is 5.62. The molecule has 4 nitrogen and oxygen atoms in total. The lowest BCUT2D eigenvalue weighted by atomic mass is 10.2. The summed E-state index contributed by atoms with van der Waals surface area (Å²) in [5.74, 6) is -0.372. The quantitative estimate of drug-likeness (QED) is 0.472. The van der Waals surface area contributed by atoms with Gasteiger partial charge < -0.3 is 5.11 Å². The first-order valence-corrected chi connectivity index (χ1v) is 10.2. The van der Waals surface area contributed by atoms with Crippen molar-refractivity contribution in [1.82, 2.24) is 0 Å². The van der Waals surface area contributed by atoms with E-state index in [4.69, 9.17) is 23.2 Å². The topological polar surface area (TPSA) is 52.9 Å². The van der Waals surface area contributed by atoms with Gasteiger partial charge in [-0.3, -0.25) is 9.69 Å². The number of amides is 1. The number of hydrogen-bond donors (Lipinski definition) is 1. The fourth-order valence-electron chi connectivity index (χ4n) is 2.80. The summed E-state index contributed by atoms with van der Waals surface area (Å²) in [5.41, 5.74) is 1.81. The highest BCUT2D eigenvalue weighted by atomic mass is 35.5. The van der Waals surface area contributed by atoms with Gasteiger partial charge in [-0.25, -0.2) is 4.99 Å². The van der Waals surface area contributed by atoms with Crippen LogP contribution in [0.1, 0.15) is 5.56 Å². The van der Waals surface area contributed by atoms with Crippen LogP contribution in [0.4, 0.5) is 11.4 Å². The van der Waals surface area contributed by atoms with Gasteiger partial charge in [-0.05, 0) is 54.2 Å². The summed E-state index contributed by atoms with van der Waals surface area (Å²) in [6.07, 6.45) is 1.57. The molecule has 0 aromatic heterocycles. The Morgan fingerprint density at radius 1 is 0.966 bits per heavy atom. The van der Waals surface area contributed by atoms with Crippen molar-refractivity contribution in [3.63, 3.8) is 0 Å². The Morgan fingerprint density at radius 3 is 2.31 bits per heavy atom. The van der Waals surface area contributed by atoms with Crippen LogP contribution < -0.4 is 4.90 Å². The van der Waals surface area contributed by atoms with Gasteiger partial charge >= 0.3 is 0 Å². The predicted molar refractivity (Wildman–Crippen MR) is 121 cm³/mol. The molecule has 0 saturated carbocycles. The molecule has 7 heteroatoms. The SMILES string of the molecule is O=C1C(=Cc2cc(Cl)cc(Cl)c2O)SC(=Nc2ccccc2)N1c1ccccc1. The average molecular weight is 441 g/mol. The lowest BCUT2D eigenvalue weighted by molar-refractivity contribution is -0.113. The van der Waals surface area contributed by atoms with Crippen molar-refractivity contribution in [2.24, 2.45) is 4.99 Å². The van der Waals surface area contributed by atoms with Crippen LogP contribution in [0.5, 0.6) is 5.75 Å². The number of aromatic hydroxyl groups is 1. The average Bonchev–Trinajstić information content (AvgIpc) is 3.02. The van der Waals surface area contributed by atoms with Crippen LogP contribution in [0.15, 0.2) is 82.7 Å². The minimum atomic E-state index is -0.244. The Bertz CT molecular complexity index is 1130. The monoisotopic (exact) mass is 440 g/mol. The Kier molecular flexibility index (Phi) is 5.62. The van der Waals surface area contributed by atoms with Crippen molar-refractivity contribution in [3.8, 4) is 5.75 Å². The zero-order valence-electron chi connectivity index (χ0n) is 14.9. The van der Waals surface area contributed by atoms with E-state index in [9.17, 15) is 9.90 Å². The van der Waals surface area contributed by atoms with Crippen molar-refractivity contribution in [2.75, 3.05) is 4.90 Å². The molecule has 0 atom stereocenters. The molecule has 1 N–H and O–H groups in total. The van der Waals surface area contributed by atoms with Crippen molar-refractivity contribution in [3.05, 3.63) is 93.3 Å². The number of thioether (sulfide) groups is 1. The van der Waals surface area contributed by atoms with Gasteiger partial charge in [0, 0.05) is 10.6 Å². The molecule has 0 bridgehead atoms. The molecule has 0 aliphatic carbocycles. The second kappa shape index (κ2) is 8.33. The molecule has 1 aliphatic rings. The van der Waals surface area contributed by atoms with Crippen LogP contribution in [0.25, 0.3) is 6.08 Å². The van der Waals surface area contributed by atoms with Crippen LogP contribution in [0.2, 0.25) is 10.0 Å². The lowest BCUT2D eigenvalue weighted by Gasteiger charge is -2.15. The minimum absolute atomic E-state index is 0.123. The minimum Gasteiger partial charge on any atom is -0.506 e. The van der Waals surface area contributed by atoms with Gasteiger partial charge in [-0.1, -0.05) is 59.6 Å². The number of para-hydroxylation sites is 2. The van der Waals surface area contributed by atoms with E-state index in [0.29, 0.717) is 26.3 Å². The second-order valence-corrected chi connectivity index (χ2v) is 7.99. The Morgan fingerprint density at radius 2 is 1.62 bits per heavy atom. The summed E-state index contributed by atoms with van der Waals surface area (Å²) in [4.78, 5) is 19.8. The molecule has 29 heavy (non-hydrogen) atoms. The van der Waals surface area contributed by atoms with E-state index in [1.54, 1.807) is 17.0 Å². The number of anilines is 1. The van der Waals surface area contributed by atoms with Crippen LogP contribution in [-0.2, 0) is 4.79 Å². The van der Waals surface area contributed by atoms with E-state index in [0.717, 1.165) is 5.69 Å². The number of nitrogens with zero attached hydrogens (tertiary/aromatic N) is 2. The number of aliphatic imine (C=N–C) groups is 1. The molecule has 1 saturated heterocycles. The van der Waals surface area contributed by atoms with Gasteiger partial charge in [0.2, 0.25) is 0 Å². The summed E-state index contributed by atoms with van der Waals surface area (Å²) in [6.45, 7) is 0. The van der Waals surface area contributed by atoms with Crippen LogP contribution >= 0.6 is 35.0 Å². The number of phenolic OH excluding ortho intramolecular Hbond substituents is 1. The van der Waals surface area contributed by atoms with Gasteiger partial charge in [0.15, 0.2) is 5.17 Å². The number of hydrogen-bond acceptors (Lipinski definition) is 4. The van der Waals surface area contributed by atoms with Crippen molar-refractivity contribution < 1.29 is 9.90 Å². The molecule has 1 aliphatic heterocycles. The fraction of sp³-hybridized carbons (Fsp3) is 0. The number of amidine groups is 1. The molecule has 1 amide bonds. The van der Waals surface area contributed by atoms with Gasteiger partial charge in [0.05, 0.1) is 21.3 Å². The highest BCUT2D eigenvalue weighted by molar-refractivity contribution is 8.19. The molecule has 3 aromatic rings. The molecule has 0 unspecified atom stereocenters. The first kappa shape index (κ1) is 19.6. The van der Waals surface area contributed by atoms with Crippen LogP contribution in [-0.4, -0.2) is 16.2 Å². The summed E-state index contributed by atoms with van der Waals surface area (Å²) in [6, 6.07) is 21.7.